The van der Waals surface area contributed by atoms with E-state index in [2.05, 4.69) is 12.0 Å². The Kier molecular flexibility index (Phi) is 5.13. The molecule has 26 heavy (non-hydrogen) atoms. The molecule has 3 aromatic rings. The number of aryl methyl sites for hydroxylation is 2. The summed E-state index contributed by atoms with van der Waals surface area (Å²) in [7, 11) is -3.93. The number of benzene rings is 2. The topological polar surface area (TPSA) is 61.2 Å². The van der Waals surface area contributed by atoms with E-state index in [9.17, 15) is 8.42 Å². The summed E-state index contributed by atoms with van der Waals surface area (Å²) < 4.78 is 32.3. The van der Waals surface area contributed by atoms with E-state index in [1.165, 1.54) is 12.1 Å². The Balaban J connectivity index is 2.08. The van der Waals surface area contributed by atoms with Crippen LogP contribution in [0, 0.1) is 13.8 Å². The third-order valence-electron chi connectivity index (χ3n) is 4.26. The van der Waals surface area contributed by atoms with Gasteiger partial charge in [0.05, 0.1) is 11.4 Å². The third kappa shape index (κ3) is 3.65. The molecule has 0 aliphatic rings. The van der Waals surface area contributed by atoms with E-state index in [4.69, 9.17) is 4.18 Å². The number of hydrogen-bond acceptors (Lipinski definition) is 4. The smallest absolute Gasteiger partial charge is 0.340 e. The lowest BCUT2D eigenvalue weighted by Gasteiger charge is -2.12. The molecule has 3 rings (SSSR count). The predicted octanol–water partition coefficient (Wildman–Crippen LogP) is 4.21. The average Bonchev–Trinajstić information content (AvgIpc) is 3.00. The van der Waals surface area contributed by atoms with Gasteiger partial charge < -0.3 is 4.18 Å². The van der Waals surface area contributed by atoms with Gasteiger partial charge in [0.25, 0.3) is 0 Å². The second-order valence-corrected chi connectivity index (χ2v) is 7.75. The van der Waals surface area contributed by atoms with E-state index < -0.39 is 10.1 Å². The molecule has 0 bridgehead atoms. The molecule has 0 aliphatic heterocycles. The van der Waals surface area contributed by atoms with Crippen molar-refractivity contribution >= 4 is 10.1 Å². The van der Waals surface area contributed by atoms with Gasteiger partial charge in [0.1, 0.15) is 4.90 Å². The molecule has 6 heteroatoms. The lowest BCUT2D eigenvalue weighted by molar-refractivity contribution is 0.464. The standard InChI is InChI=1S/C20H22N2O3S/c1-4-9-17-14-20(25-26(23,24)18-11-6-5-7-12-18)22(21-17)19-13-8-10-15(2)16(19)3/h5-8,10-14H,4,9H2,1-3H3. The fourth-order valence-corrected chi connectivity index (χ4v) is 3.66. The van der Waals surface area contributed by atoms with Crippen LogP contribution in [-0.4, -0.2) is 18.2 Å². The zero-order chi connectivity index (χ0) is 18.7. The highest BCUT2D eigenvalue weighted by molar-refractivity contribution is 7.87. The maximum absolute atomic E-state index is 12.6. The van der Waals surface area contributed by atoms with Crippen LogP contribution in [0.5, 0.6) is 5.88 Å². The Bertz CT molecular complexity index is 1010. The maximum Gasteiger partial charge on any atom is 0.340 e. The lowest BCUT2D eigenvalue weighted by Crippen LogP contribution is -2.13. The summed E-state index contributed by atoms with van der Waals surface area (Å²) in [5.41, 5.74) is 3.74. The number of nitrogens with zero attached hydrogens (tertiary/aromatic N) is 2. The van der Waals surface area contributed by atoms with Gasteiger partial charge in [0.15, 0.2) is 0 Å². The van der Waals surface area contributed by atoms with Crippen LogP contribution in [0.2, 0.25) is 0 Å². The summed E-state index contributed by atoms with van der Waals surface area (Å²) in [6, 6.07) is 15.7. The van der Waals surface area contributed by atoms with Gasteiger partial charge in [-0.25, -0.2) is 0 Å². The van der Waals surface area contributed by atoms with Crippen molar-refractivity contribution in [2.75, 3.05) is 0 Å². The highest BCUT2D eigenvalue weighted by Gasteiger charge is 2.21. The summed E-state index contributed by atoms with van der Waals surface area (Å²) in [5, 5.41) is 4.58. The molecule has 1 aromatic heterocycles. The molecule has 0 spiro atoms. The Hall–Kier alpha value is -2.60. The van der Waals surface area contributed by atoms with Crippen molar-refractivity contribution < 1.29 is 12.6 Å². The van der Waals surface area contributed by atoms with Gasteiger partial charge in [-0.05, 0) is 49.6 Å². The Morgan fingerprint density at radius 3 is 2.46 bits per heavy atom. The molecular weight excluding hydrogens is 348 g/mol. The largest absolute Gasteiger partial charge is 0.358 e. The minimum Gasteiger partial charge on any atom is -0.358 e. The highest BCUT2D eigenvalue weighted by atomic mass is 32.2. The fourth-order valence-electron chi connectivity index (χ4n) is 2.73. The molecule has 0 radical (unpaired) electrons. The molecule has 136 valence electrons. The van der Waals surface area contributed by atoms with Crippen LogP contribution in [0.15, 0.2) is 59.5 Å². The summed E-state index contributed by atoms with van der Waals surface area (Å²) in [5.74, 6) is 0.200. The summed E-state index contributed by atoms with van der Waals surface area (Å²) in [4.78, 5) is 0.116. The third-order valence-corrected chi connectivity index (χ3v) is 5.50. The van der Waals surface area contributed by atoms with Crippen LogP contribution in [-0.2, 0) is 16.5 Å². The van der Waals surface area contributed by atoms with Crippen molar-refractivity contribution in [3.8, 4) is 11.6 Å². The molecule has 0 N–H and O–H groups in total. The number of rotatable bonds is 6. The second-order valence-electron chi connectivity index (χ2n) is 6.21. The first-order valence-electron chi connectivity index (χ1n) is 8.57. The van der Waals surface area contributed by atoms with E-state index in [1.54, 1.807) is 28.9 Å². The molecule has 5 nitrogen and oxygen atoms in total. The molecular formula is C20H22N2O3S. The number of hydrogen-bond donors (Lipinski definition) is 0. The van der Waals surface area contributed by atoms with Gasteiger partial charge in [-0.15, -0.1) is 0 Å². The van der Waals surface area contributed by atoms with E-state index >= 15 is 0 Å². The summed E-state index contributed by atoms with van der Waals surface area (Å²) >= 11 is 0. The monoisotopic (exact) mass is 370 g/mol. The molecule has 2 aromatic carbocycles. The first kappa shape index (κ1) is 18.2. The van der Waals surface area contributed by atoms with E-state index in [0.29, 0.717) is 0 Å². The van der Waals surface area contributed by atoms with Crippen molar-refractivity contribution in [1.82, 2.24) is 9.78 Å². The quantitative estimate of drug-likeness (QED) is 0.610. The minimum atomic E-state index is -3.93. The zero-order valence-electron chi connectivity index (χ0n) is 15.1. The molecule has 0 fully saturated rings. The van der Waals surface area contributed by atoms with Crippen LogP contribution < -0.4 is 4.18 Å². The molecule has 0 unspecified atom stereocenters. The van der Waals surface area contributed by atoms with E-state index in [0.717, 1.165) is 35.3 Å². The highest BCUT2D eigenvalue weighted by Crippen LogP contribution is 2.27. The first-order chi connectivity index (χ1) is 12.4. The van der Waals surface area contributed by atoms with Gasteiger partial charge in [0, 0.05) is 6.07 Å². The molecule has 0 saturated heterocycles. The van der Waals surface area contributed by atoms with E-state index in [-0.39, 0.29) is 10.8 Å². The Labute approximate surface area is 154 Å². The van der Waals surface area contributed by atoms with Crippen LogP contribution >= 0.6 is 0 Å². The predicted molar refractivity (Wildman–Crippen MR) is 101 cm³/mol. The second kappa shape index (κ2) is 7.33. The Morgan fingerprint density at radius 2 is 1.77 bits per heavy atom. The van der Waals surface area contributed by atoms with Gasteiger partial charge in [0.2, 0.25) is 5.88 Å². The van der Waals surface area contributed by atoms with Crippen LogP contribution in [0.1, 0.15) is 30.2 Å². The van der Waals surface area contributed by atoms with Crippen LogP contribution in [0.3, 0.4) is 0 Å². The molecule has 1 heterocycles. The molecule has 0 aliphatic carbocycles. The lowest BCUT2D eigenvalue weighted by atomic mass is 10.1. The average molecular weight is 370 g/mol. The fraction of sp³-hybridized carbons (Fsp3) is 0.250. The van der Waals surface area contributed by atoms with Gasteiger partial charge in [-0.2, -0.15) is 18.2 Å². The molecule has 0 amide bonds. The maximum atomic E-state index is 12.6. The molecule has 0 atom stereocenters. The molecule has 0 saturated carbocycles. The zero-order valence-corrected chi connectivity index (χ0v) is 16.0. The van der Waals surface area contributed by atoms with Crippen molar-refractivity contribution in [3.05, 3.63) is 71.4 Å². The normalized spacial score (nSPS) is 11.5. The SMILES string of the molecule is CCCc1cc(OS(=O)(=O)c2ccccc2)n(-c2cccc(C)c2C)n1. The summed E-state index contributed by atoms with van der Waals surface area (Å²) in [6.45, 7) is 6.05. The minimum absolute atomic E-state index is 0.116. The number of aromatic nitrogens is 2. The van der Waals surface area contributed by atoms with Gasteiger partial charge in [-0.1, -0.05) is 43.7 Å². The van der Waals surface area contributed by atoms with Crippen LogP contribution in [0.4, 0.5) is 0 Å². The Morgan fingerprint density at radius 1 is 1.04 bits per heavy atom. The van der Waals surface area contributed by atoms with Crippen molar-refractivity contribution in [3.63, 3.8) is 0 Å². The summed E-state index contributed by atoms with van der Waals surface area (Å²) in [6.07, 6.45) is 1.66. The van der Waals surface area contributed by atoms with E-state index in [1.807, 2.05) is 32.0 Å². The van der Waals surface area contributed by atoms with Crippen molar-refractivity contribution in [1.29, 1.82) is 0 Å². The van der Waals surface area contributed by atoms with Gasteiger partial charge >= 0.3 is 10.1 Å². The first-order valence-corrected chi connectivity index (χ1v) is 9.98. The van der Waals surface area contributed by atoms with Crippen molar-refractivity contribution in [2.45, 2.75) is 38.5 Å². The van der Waals surface area contributed by atoms with Crippen LogP contribution in [0.25, 0.3) is 5.69 Å². The van der Waals surface area contributed by atoms with Crippen molar-refractivity contribution in [2.24, 2.45) is 0 Å². The van der Waals surface area contributed by atoms with Gasteiger partial charge in [-0.3, -0.25) is 0 Å².